The van der Waals surface area contributed by atoms with Gasteiger partial charge < -0.3 is 9.47 Å². The van der Waals surface area contributed by atoms with Crippen molar-refractivity contribution in [1.29, 1.82) is 0 Å². The number of hydrogen-bond acceptors (Lipinski definition) is 5. The van der Waals surface area contributed by atoms with Crippen molar-refractivity contribution in [2.24, 2.45) is 17.3 Å². The average molecular weight is 359 g/mol. The fourth-order valence-corrected chi connectivity index (χ4v) is 5.49. The van der Waals surface area contributed by atoms with Crippen LogP contribution in [0.2, 0.25) is 0 Å². The van der Waals surface area contributed by atoms with Crippen molar-refractivity contribution in [2.45, 2.75) is 58.8 Å². The van der Waals surface area contributed by atoms with Crippen molar-refractivity contribution in [1.82, 2.24) is 4.90 Å². The van der Waals surface area contributed by atoms with E-state index in [-0.39, 0.29) is 47.3 Å². The lowest BCUT2D eigenvalue weighted by molar-refractivity contribution is -0.145. The van der Waals surface area contributed by atoms with Gasteiger partial charge in [-0.3, -0.25) is 14.5 Å². The lowest BCUT2D eigenvalue weighted by atomic mass is 9.61. The molecular weight excluding hydrogens is 330 g/mol. The molecule has 0 spiro atoms. The van der Waals surface area contributed by atoms with Crippen LogP contribution in [-0.4, -0.2) is 54.6 Å². The molecule has 2 aliphatic heterocycles. The predicted octanol–water partition coefficient (Wildman–Crippen LogP) is 2.51. The smallest absolute Gasteiger partial charge is 0.311 e. The van der Waals surface area contributed by atoms with Gasteiger partial charge in [-0.05, 0) is 45.3 Å². The van der Waals surface area contributed by atoms with Crippen molar-refractivity contribution in [3.05, 3.63) is 23.3 Å². The van der Waals surface area contributed by atoms with Crippen LogP contribution < -0.4 is 0 Å². The summed E-state index contributed by atoms with van der Waals surface area (Å²) in [6.07, 6.45) is 5.76. The van der Waals surface area contributed by atoms with Crippen LogP contribution in [0.1, 0.15) is 40.5 Å². The number of esters is 1. The molecule has 2 aliphatic carbocycles. The highest BCUT2D eigenvalue weighted by molar-refractivity contribution is 6.05. The number of allylic oxidation sites excluding steroid dienone is 3. The fraction of sp³-hybridized carbons (Fsp3) is 0.714. The number of ketones is 1. The van der Waals surface area contributed by atoms with Crippen molar-refractivity contribution < 1.29 is 19.1 Å². The minimum Gasteiger partial charge on any atom is -0.457 e. The Kier molecular flexibility index (Phi) is 4.35. The number of carbonyl (C=O) groups is 2. The van der Waals surface area contributed by atoms with E-state index in [9.17, 15) is 9.59 Å². The van der Waals surface area contributed by atoms with Gasteiger partial charge in [-0.25, -0.2) is 0 Å². The molecule has 0 aromatic heterocycles. The standard InChI is InChI=1S/C21H29NO4/c1-12-9-22(10-13(2)25-12)11-16-15-5-7-21(4)8-6-17(23)14(3)18(21)19(15)26-20(16)24/h6,8,12-13,15-16,19H,5,7,9-11H2,1-4H3/t12-,13-,15+,16+,19+,21+/m1/s1. The van der Waals surface area contributed by atoms with Gasteiger partial charge in [-0.2, -0.15) is 0 Å². The second kappa shape index (κ2) is 6.31. The number of fused-ring (bicyclic) bond motifs is 3. The normalized spacial score (nSPS) is 43.3. The number of nitrogens with zero attached hydrogens (tertiary/aromatic N) is 1. The van der Waals surface area contributed by atoms with Crippen LogP contribution in [-0.2, 0) is 19.1 Å². The molecule has 0 radical (unpaired) electrons. The minimum absolute atomic E-state index is 0.0495. The maximum absolute atomic E-state index is 12.7. The lowest BCUT2D eigenvalue weighted by Gasteiger charge is -2.43. The van der Waals surface area contributed by atoms with Gasteiger partial charge in [0.2, 0.25) is 0 Å². The summed E-state index contributed by atoms with van der Waals surface area (Å²) in [4.78, 5) is 27.3. The maximum atomic E-state index is 12.7. The summed E-state index contributed by atoms with van der Waals surface area (Å²) in [5.74, 6) is 0.0171. The van der Waals surface area contributed by atoms with Crippen LogP contribution in [0.25, 0.3) is 0 Å². The van der Waals surface area contributed by atoms with Gasteiger partial charge in [0.15, 0.2) is 5.78 Å². The second-order valence-electron chi connectivity index (χ2n) is 8.80. The molecule has 6 atom stereocenters. The first-order valence-corrected chi connectivity index (χ1v) is 9.81. The zero-order chi connectivity index (χ0) is 18.6. The third kappa shape index (κ3) is 2.85. The maximum Gasteiger partial charge on any atom is 0.311 e. The van der Waals surface area contributed by atoms with Crippen molar-refractivity contribution >= 4 is 11.8 Å². The molecule has 142 valence electrons. The Hall–Kier alpha value is -1.46. The summed E-state index contributed by atoms with van der Waals surface area (Å²) in [5, 5.41) is 0. The zero-order valence-electron chi connectivity index (χ0n) is 16.2. The molecule has 5 nitrogen and oxygen atoms in total. The number of morpholine rings is 1. The SMILES string of the molecule is CC1=C2[C@H]3OC(=O)[C@@H](CN4C[C@@H](C)O[C@H](C)C4)[C@@H]3CC[C@@]2(C)C=CC1=O. The van der Waals surface area contributed by atoms with E-state index >= 15 is 0 Å². The van der Waals surface area contributed by atoms with Gasteiger partial charge >= 0.3 is 5.97 Å². The van der Waals surface area contributed by atoms with Crippen molar-refractivity contribution in [3.63, 3.8) is 0 Å². The Labute approximate surface area is 155 Å². The number of carbonyl (C=O) groups excluding carboxylic acids is 2. The van der Waals surface area contributed by atoms with Gasteiger partial charge in [0.1, 0.15) is 6.10 Å². The Morgan fingerprint density at radius 2 is 1.92 bits per heavy atom. The fourth-order valence-electron chi connectivity index (χ4n) is 5.49. The van der Waals surface area contributed by atoms with Gasteiger partial charge in [0.25, 0.3) is 0 Å². The number of rotatable bonds is 2. The third-order valence-corrected chi connectivity index (χ3v) is 6.67. The minimum atomic E-state index is -0.240. The third-order valence-electron chi connectivity index (χ3n) is 6.67. The van der Waals surface area contributed by atoms with E-state index < -0.39 is 0 Å². The van der Waals surface area contributed by atoms with Crippen molar-refractivity contribution in [3.8, 4) is 0 Å². The topological polar surface area (TPSA) is 55.8 Å². The van der Waals surface area contributed by atoms with E-state index in [2.05, 4.69) is 25.7 Å². The highest BCUT2D eigenvalue weighted by Gasteiger charge is 2.54. The first kappa shape index (κ1) is 17.9. The predicted molar refractivity (Wildman–Crippen MR) is 97.5 cm³/mol. The molecule has 3 fully saturated rings. The summed E-state index contributed by atoms with van der Waals surface area (Å²) in [5.41, 5.74) is 1.66. The zero-order valence-corrected chi connectivity index (χ0v) is 16.2. The Bertz CT molecular complexity index is 686. The lowest BCUT2D eigenvalue weighted by Crippen LogP contribution is -2.49. The van der Waals surface area contributed by atoms with E-state index in [4.69, 9.17) is 9.47 Å². The number of hydrogen-bond donors (Lipinski definition) is 0. The molecule has 0 aromatic carbocycles. The quantitative estimate of drug-likeness (QED) is 0.709. The first-order chi connectivity index (χ1) is 12.3. The van der Waals surface area contributed by atoms with E-state index in [1.807, 2.05) is 13.0 Å². The molecule has 0 amide bonds. The Balaban J connectivity index is 1.57. The molecule has 4 aliphatic rings. The van der Waals surface area contributed by atoms with Crippen LogP contribution in [0.4, 0.5) is 0 Å². The highest BCUT2D eigenvalue weighted by Crippen LogP contribution is 2.53. The molecule has 4 rings (SSSR count). The van der Waals surface area contributed by atoms with Gasteiger partial charge in [0.05, 0.1) is 18.1 Å². The van der Waals surface area contributed by atoms with Crippen LogP contribution in [0.15, 0.2) is 23.3 Å². The molecule has 26 heavy (non-hydrogen) atoms. The molecular formula is C21H29NO4. The van der Waals surface area contributed by atoms with Crippen LogP contribution in [0, 0.1) is 17.3 Å². The molecule has 0 bridgehead atoms. The van der Waals surface area contributed by atoms with Gasteiger partial charge in [-0.1, -0.05) is 13.0 Å². The molecule has 1 saturated carbocycles. The summed E-state index contributed by atoms with van der Waals surface area (Å²) < 4.78 is 11.7. The van der Waals surface area contributed by atoms with Crippen LogP contribution in [0.5, 0.6) is 0 Å². The largest absolute Gasteiger partial charge is 0.457 e. The van der Waals surface area contributed by atoms with E-state index in [0.717, 1.165) is 43.6 Å². The average Bonchev–Trinajstić information content (AvgIpc) is 2.86. The Morgan fingerprint density at radius 1 is 1.23 bits per heavy atom. The van der Waals surface area contributed by atoms with Gasteiger partial charge in [-0.15, -0.1) is 0 Å². The molecule has 0 aromatic rings. The molecule has 2 saturated heterocycles. The first-order valence-electron chi connectivity index (χ1n) is 9.81. The van der Waals surface area contributed by atoms with E-state index in [0.29, 0.717) is 0 Å². The van der Waals surface area contributed by atoms with E-state index in [1.54, 1.807) is 6.08 Å². The van der Waals surface area contributed by atoms with E-state index in [1.165, 1.54) is 0 Å². The summed E-state index contributed by atoms with van der Waals surface area (Å²) in [6.45, 7) is 10.6. The Morgan fingerprint density at radius 3 is 2.62 bits per heavy atom. The van der Waals surface area contributed by atoms with Crippen LogP contribution >= 0.6 is 0 Å². The summed E-state index contributed by atoms with van der Waals surface area (Å²) in [6, 6.07) is 0. The molecule has 5 heteroatoms. The second-order valence-corrected chi connectivity index (χ2v) is 8.80. The molecule has 0 unspecified atom stereocenters. The molecule has 2 heterocycles. The highest BCUT2D eigenvalue weighted by atomic mass is 16.6. The summed E-state index contributed by atoms with van der Waals surface area (Å²) >= 11 is 0. The molecule has 0 N–H and O–H groups in total. The monoisotopic (exact) mass is 359 g/mol. The van der Waals surface area contributed by atoms with Crippen LogP contribution in [0.3, 0.4) is 0 Å². The summed E-state index contributed by atoms with van der Waals surface area (Å²) in [7, 11) is 0. The van der Waals surface area contributed by atoms with Crippen molar-refractivity contribution in [2.75, 3.05) is 19.6 Å². The van der Waals surface area contributed by atoms with Gasteiger partial charge in [0, 0.05) is 36.5 Å². The number of ether oxygens (including phenoxy) is 2.